The van der Waals surface area contributed by atoms with E-state index in [-0.39, 0.29) is 10.8 Å². The van der Waals surface area contributed by atoms with Gasteiger partial charge >= 0.3 is 0 Å². The van der Waals surface area contributed by atoms with E-state index in [2.05, 4.69) is 39.0 Å². The predicted octanol–water partition coefficient (Wildman–Crippen LogP) is 4.97. The molecule has 1 aromatic rings. The van der Waals surface area contributed by atoms with Gasteiger partial charge in [-0.1, -0.05) is 43.7 Å². The van der Waals surface area contributed by atoms with Crippen LogP contribution in [0.15, 0.2) is 35.9 Å². The standard InChI is InChI=1S/C21H28O2/c1-15-12-13-20(2)18(10-7-11-19(20)22)21(15,3)14-16-8-5-6-9-17(16)23-4/h5-6,8-10,15H,7,11-14H2,1-4H3/t15-,20-,21+/m0/s1. The summed E-state index contributed by atoms with van der Waals surface area (Å²) in [6, 6.07) is 8.29. The number of fused-ring (bicyclic) bond motifs is 1. The molecule has 0 N–H and O–H groups in total. The van der Waals surface area contributed by atoms with Gasteiger partial charge in [0.15, 0.2) is 0 Å². The summed E-state index contributed by atoms with van der Waals surface area (Å²) in [5.41, 5.74) is 2.40. The minimum Gasteiger partial charge on any atom is -0.496 e. The summed E-state index contributed by atoms with van der Waals surface area (Å²) < 4.78 is 5.56. The molecule has 1 aromatic carbocycles. The number of Topliss-reactive ketones (excluding diaryl/α,β-unsaturated/α-hetero) is 1. The number of hydrogen-bond acceptors (Lipinski definition) is 2. The lowest BCUT2D eigenvalue weighted by Gasteiger charge is -2.52. The third kappa shape index (κ3) is 2.52. The van der Waals surface area contributed by atoms with Gasteiger partial charge in [0.05, 0.1) is 7.11 Å². The van der Waals surface area contributed by atoms with Gasteiger partial charge in [-0.05, 0) is 55.6 Å². The minimum absolute atomic E-state index is 0.0255. The van der Waals surface area contributed by atoms with E-state index in [1.54, 1.807) is 7.11 Å². The lowest BCUT2D eigenvalue weighted by atomic mass is 9.51. The van der Waals surface area contributed by atoms with Crippen molar-refractivity contribution in [2.75, 3.05) is 7.11 Å². The van der Waals surface area contributed by atoms with Gasteiger partial charge < -0.3 is 4.74 Å². The van der Waals surface area contributed by atoms with Crippen LogP contribution in [0.25, 0.3) is 0 Å². The van der Waals surface area contributed by atoms with Gasteiger partial charge in [0.25, 0.3) is 0 Å². The smallest absolute Gasteiger partial charge is 0.143 e. The Balaban J connectivity index is 2.03. The number of carbonyl (C=O) groups excluding carboxylic acids is 1. The topological polar surface area (TPSA) is 26.3 Å². The van der Waals surface area contributed by atoms with Crippen LogP contribution in [-0.4, -0.2) is 12.9 Å². The van der Waals surface area contributed by atoms with Gasteiger partial charge in [-0.3, -0.25) is 4.79 Å². The van der Waals surface area contributed by atoms with E-state index in [1.807, 2.05) is 12.1 Å². The normalized spacial score (nSPS) is 33.8. The van der Waals surface area contributed by atoms with Crippen molar-refractivity contribution < 1.29 is 9.53 Å². The Bertz CT molecular complexity index is 645. The Morgan fingerprint density at radius 1 is 1.26 bits per heavy atom. The number of ether oxygens (including phenoxy) is 1. The number of benzene rings is 1. The maximum atomic E-state index is 12.7. The molecule has 0 aromatic heterocycles. The van der Waals surface area contributed by atoms with Crippen LogP contribution in [0.4, 0.5) is 0 Å². The molecular formula is C21H28O2. The molecule has 0 bridgehead atoms. The molecule has 1 saturated carbocycles. The first kappa shape index (κ1) is 16.3. The maximum Gasteiger partial charge on any atom is 0.143 e. The molecule has 0 radical (unpaired) electrons. The van der Waals surface area contributed by atoms with E-state index >= 15 is 0 Å². The number of ketones is 1. The largest absolute Gasteiger partial charge is 0.496 e. The highest BCUT2D eigenvalue weighted by Gasteiger charge is 2.52. The van der Waals surface area contributed by atoms with Crippen molar-refractivity contribution in [2.24, 2.45) is 16.7 Å². The Labute approximate surface area is 139 Å². The Morgan fingerprint density at radius 3 is 2.74 bits per heavy atom. The third-order valence-electron chi connectivity index (χ3n) is 6.46. The molecule has 3 rings (SSSR count). The second-order valence-electron chi connectivity index (χ2n) is 7.76. The second-order valence-corrected chi connectivity index (χ2v) is 7.76. The summed E-state index contributed by atoms with van der Waals surface area (Å²) >= 11 is 0. The third-order valence-corrected chi connectivity index (χ3v) is 6.46. The second kappa shape index (κ2) is 5.81. The van der Waals surface area contributed by atoms with Crippen molar-refractivity contribution in [1.29, 1.82) is 0 Å². The average Bonchev–Trinajstić information content (AvgIpc) is 2.54. The van der Waals surface area contributed by atoms with Gasteiger partial charge in [0.2, 0.25) is 0 Å². The van der Waals surface area contributed by atoms with E-state index in [0.29, 0.717) is 18.1 Å². The molecule has 2 nitrogen and oxygen atoms in total. The van der Waals surface area contributed by atoms with Crippen LogP contribution >= 0.6 is 0 Å². The Hall–Kier alpha value is -1.57. The fraction of sp³-hybridized carbons (Fsp3) is 0.571. The molecule has 23 heavy (non-hydrogen) atoms. The summed E-state index contributed by atoms with van der Waals surface area (Å²) in [6.45, 7) is 6.87. The summed E-state index contributed by atoms with van der Waals surface area (Å²) in [4.78, 5) is 12.7. The number of allylic oxidation sites excluding steroid dienone is 2. The van der Waals surface area contributed by atoms with E-state index in [1.165, 1.54) is 11.1 Å². The van der Waals surface area contributed by atoms with Crippen LogP contribution < -0.4 is 4.74 Å². The molecule has 1 fully saturated rings. The summed E-state index contributed by atoms with van der Waals surface area (Å²) in [5.74, 6) is 1.96. The number of hydrogen-bond donors (Lipinski definition) is 0. The van der Waals surface area contributed by atoms with Gasteiger partial charge in [-0.25, -0.2) is 0 Å². The molecule has 2 aliphatic rings. The van der Waals surface area contributed by atoms with Crippen LogP contribution in [0.3, 0.4) is 0 Å². The van der Waals surface area contributed by atoms with Gasteiger partial charge in [-0.2, -0.15) is 0 Å². The first-order valence-electron chi connectivity index (χ1n) is 8.78. The molecule has 3 atom stereocenters. The molecule has 0 amide bonds. The first-order valence-corrected chi connectivity index (χ1v) is 8.78. The SMILES string of the molecule is COc1ccccc1C[C@@]1(C)C2=CCCC(=O)[C@@]2(C)CC[C@@H]1C. The summed E-state index contributed by atoms with van der Waals surface area (Å²) in [7, 11) is 1.74. The fourth-order valence-corrected chi connectivity index (χ4v) is 4.74. The molecule has 2 heteroatoms. The zero-order valence-electron chi connectivity index (χ0n) is 14.8. The minimum atomic E-state index is -0.248. The highest BCUT2D eigenvalue weighted by molar-refractivity contribution is 5.89. The monoisotopic (exact) mass is 312 g/mol. The Kier molecular flexibility index (Phi) is 4.12. The molecule has 0 aliphatic heterocycles. The maximum absolute atomic E-state index is 12.7. The molecule has 0 spiro atoms. The van der Waals surface area contributed by atoms with Crippen LogP contribution in [0.1, 0.15) is 52.0 Å². The lowest BCUT2D eigenvalue weighted by Crippen LogP contribution is -2.47. The van der Waals surface area contributed by atoms with Gasteiger partial charge in [0, 0.05) is 11.8 Å². The first-order chi connectivity index (χ1) is 10.9. The molecule has 0 saturated heterocycles. The highest BCUT2D eigenvalue weighted by atomic mass is 16.5. The van der Waals surface area contributed by atoms with Crippen molar-refractivity contribution >= 4 is 5.78 Å². The molecule has 2 aliphatic carbocycles. The summed E-state index contributed by atoms with van der Waals surface area (Å²) in [5, 5.41) is 0. The molecule has 0 unspecified atom stereocenters. The number of rotatable bonds is 3. The zero-order valence-corrected chi connectivity index (χ0v) is 14.8. The molecule has 124 valence electrons. The van der Waals surface area contributed by atoms with Crippen LogP contribution in [0.2, 0.25) is 0 Å². The van der Waals surface area contributed by atoms with Crippen molar-refractivity contribution in [3.05, 3.63) is 41.5 Å². The van der Waals surface area contributed by atoms with Gasteiger partial charge in [0.1, 0.15) is 11.5 Å². The average molecular weight is 312 g/mol. The van der Waals surface area contributed by atoms with Crippen LogP contribution in [0.5, 0.6) is 5.75 Å². The number of carbonyl (C=O) groups is 1. The quantitative estimate of drug-likeness (QED) is 0.737. The Morgan fingerprint density at radius 2 is 2.00 bits per heavy atom. The van der Waals surface area contributed by atoms with Crippen molar-refractivity contribution in [3.8, 4) is 5.75 Å². The van der Waals surface area contributed by atoms with Crippen LogP contribution in [-0.2, 0) is 11.2 Å². The van der Waals surface area contributed by atoms with E-state index < -0.39 is 0 Å². The predicted molar refractivity (Wildman–Crippen MR) is 93.6 cm³/mol. The zero-order chi connectivity index (χ0) is 16.7. The summed E-state index contributed by atoms with van der Waals surface area (Å²) in [6.07, 6.45) is 7.03. The number of para-hydroxylation sites is 1. The molecule has 0 heterocycles. The number of methoxy groups -OCH3 is 1. The lowest BCUT2D eigenvalue weighted by molar-refractivity contribution is -0.129. The van der Waals surface area contributed by atoms with Crippen molar-refractivity contribution in [3.63, 3.8) is 0 Å². The van der Waals surface area contributed by atoms with Crippen molar-refractivity contribution in [2.45, 2.75) is 52.9 Å². The van der Waals surface area contributed by atoms with Crippen LogP contribution in [0, 0.1) is 16.7 Å². The van der Waals surface area contributed by atoms with Gasteiger partial charge in [-0.15, -0.1) is 0 Å². The highest BCUT2D eigenvalue weighted by Crippen LogP contribution is 2.57. The van der Waals surface area contributed by atoms with Crippen molar-refractivity contribution in [1.82, 2.24) is 0 Å². The van der Waals surface area contributed by atoms with E-state index in [4.69, 9.17) is 4.74 Å². The van der Waals surface area contributed by atoms with E-state index in [0.717, 1.165) is 31.4 Å². The molecular weight excluding hydrogens is 284 g/mol. The van der Waals surface area contributed by atoms with E-state index in [9.17, 15) is 4.79 Å². The fourth-order valence-electron chi connectivity index (χ4n) is 4.74.